The van der Waals surface area contributed by atoms with Crippen LogP contribution in [0.25, 0.3) is 5.69 Å². The molecule has 2 aliphatic rings. The van der Waals surface area contributed by atoms with Gasteiger partial charge in [-0.2, -0.15) is 18.3 Å². The highest BCUT2D eigenvalue weighted by Gasteiger charge is 2.45. The van der Waals surface area contributed by atoms with Crippen molar-refractivity contribution in [1.29, 1.82) is 0 Å². The highest BCUT2D eigenvalue weighted by Crippen LogP contribution is 2.38. The standard InChI is InChI=1S/C23H26F3N5O3/c24-23(25,26)19-17(15-31(29-19)16-5-2-1-3-6-16)20(33)27-11-4-7-18(32)30-13-9-22(10-14-30)8-12-28-21(22)34/h1-3,5-6,15H,4,7-14H2,(H,27,33)(H,28,34). The molecule has 0 aliphatic carbocycles. The fourth-order valence-corrected chi connectivity index (χ4v) is 4.53. The number of piperidine rings is 1. The zero-order valence-electron chi connectivity index (χ0n) is 18.5. The van der Waals surface area contributed by atoms with E-state index in [1.165, 1.54) is 0 Å². The van der Waals surface area contributed by atoms with Gasteiger partial charge >= 0.3 is 6.18 Å². The normalized spacial score (nSPS) is 17.6. The fraction of sp³-hybridized carbons (Fsp3) is 0.478. The van der Waals surface area contributed by atoms with Gasteiger partial charge in [0.1, 0.15) is 0 Å². The number of hydrogen-bond acceptors (Lipinski definition) is 4. The van der Waals surface area contributed by atoms with Gasteiger partial charge in [-0.15, -0.1) is 0 Å². The zero-order chi connectivity index (χ0) is 24.3. The molecule has 1 spiro atoms. The Morgan fingerprint density at radius 3 is 2.44 bits per heavy atom. The van der Waals surface area contributed by atoms with Gasteiger partial charge in [-0.1, -0.05) is 18.2 Å². The first-order valence-electron chi connectivity index (χ1n) is 11.3. The number of para-hydroxylation sites is 1. The van der Waals surface area contributed by atoms with Crippen LogP contribution in [0.5, 0.6) is 0 Å². The first-order valence-corrected chi connectivity index (χ1v) is 11.3. The van der Waals surface area contributed by atoms with E-state index in [-0.39, 0.29) is 30.2 Å². The molecule has 0 atom stereocenters. The third-order valence-electron chi connectivity index (χ3n) is 6.55. The lowest BCUT2D eigenvalue weighted by atomic mass is 9.77. The third kappa shape index (κ3) is 4.92. The molecule has 8 nitrogen and oxygen atoms in total. The largest absolute Gasteiger partial charge is 0.435 e. The number of carbonyl (C=O) groups is 3. The second-order valence-electron chi connectivity index (χ2n) is 8.70. The Kier molecular flexibility index (Phi) is 6.63. The molecule has 182 valence electrons. The van der Waals surface area contributed by atoms with Crippen LogP contribution in [0.1, 0.15) is 48.2 Å². The Labute approximate surface area is 194 Å². The second-order valence-corrected chi connectivity index (χ2v) is 8.70. The number of amides is 3. The van der Waals surface area contributed by atoms with Crippen LogP contribution >= 0.6 is 0 Å². The molecule has 1 aromatic carbocycles. The van der Waals surface area contributed by atoms with Crippen molar-refractivity contribution in [2.75, 3.05) is 26.2 Å². The van der Waals surface area contributed by atoms with E-state index in [2.05, 4.69) is 15.7 Å². The Morgan fingerprint density at radius 2 is 1.82 bits per heavy atom. The van der Waals surface area contributed by atoms with Crippen LogP contribution in [-0.4, -0.2) is 58.6 Å². The van der Waals surface area contributed by atoms with E-state index in [0.717, 1.165) is 17.3 Å². The van der Waals surface area contributed by atoms with Gasteiger partial charge in [-0.3, -0.25) is 14.4 Å². The van der Waals surface area contributed by atoms with Crippen molar-refractivity contribution in [2.24, 2.45) is 5.41 Å². The summed E-state index contributed by atoms with van der Waals surface area (Å²) in [5.41, 5.74) is -1.79. The highest BCUT2D eigenvalue weighted by atomic mass is 19.4. The quantitative estimate of drug-likeness (QED) is 0.625. The van der Waals surface area contributed by atoms with Crippen molar-refractivity contribution >= 4 is 17.7 Å². The maximum absolute atomic E-state index is 13.4. The minimum atomic E-state index is -4.79. The molecule has 1 aromatic heterocycles. The number of halogens is 3. The SMILES string of the molecule is O=C(NCCCC(=O)N1CCC2(CCNC2=O)CC1)c1cn(-c2ccccc2)nc1C(F)(F)F. The number of nitrogens with one attached hydrogen (secondary N) is 2. The van der Waals surface area contributed by atoms with Crippen molar-refractivity contribution in [2.45, 2.75) is 38.3 Å². The summed E-state index contributed by atoms with van der Waals surface area (Å²) in [7, 11) is 0. The number of likely N-dealkylation sites (tertiary alicyclic amines) is 1. The third-order valence-corrected chi connectivity index (χ3v) is 6.55. The molecule has 3 heterocycles. The summed E-state index contributed by atoms with van der Waals surface area (Å²) in [6.45, 7) is 1.74. The van der Waals surface area contributed by atoms with Gasteiger partial charge in [0.2, 0.25) is 11.8 Å². The molecule has 0 unspecified atom stereocenters. The number of benzene rings is 1. The lowest BCUT2D eigenvalue weighted by Gasteiger charge is -2.37. The van der Waals surface area contributed by atoms with Gasteiger partial charge in [0.25, 0.3) is 5.91 Å². The zero-order valence-corrected chi connectivity index (χ0v) is 18.5. The van der Waals surface area contributed by atoms with Crippen LogP contribution in [0.3, 0.4) is 0 Å². The fourth-order valence-electron chi connectivity index (χ4n) is 4.53. The van der Waals surface area contributed by atoms with Crippen molar-refractivity contribution < 1.29 is 27.6 Å². The Morgan fingerprint density at radius 1 is 1.12 bits per heavy atom. The van der Waals surface area contributed by atoms with E-state index in [1.807, 2.05) is 0 Å². The lowest BCUT2D eigenvalue weighted by Crippen LogP contribution is -2.46. The molecule has 3 amide bonds. The Balaban J connectivity index is 1.29. The molecule has 0 radical (unpaired) electrons. The van der Waals surface area contributed by atoms with Crippen molar-refractivity contribution in [3.05, 3.63) is 47.8 Å². The molecule has 0 bridgehead atoms. The number of hydrogen-bond donors (Lipinski definition) is 2. The van der Waals surface area contributed by atoms with Crippen LogP contribution in [0.4, 0.5) is 13.2 Å². The van der Waals surface area contributed by atoms with Crippen LogP contribution in [0.15, 0.2) is 36.5 Å². The number of nitrogens with zero attached hydrogens (tertiary/aromatic N) is 3. The van der Waals surface area contributed by atoms with E-state index in [9.17, 15) is 27.6 Å². The average Bonchev–Trinajstić information content (AvgIpc) is 3.42. The lowest BCUT2D eigenvalue weighted by molar-refractivity contribution is -0.141. The van der Waals surface area contributed by atoms with E-state index in [1.54, 1.807) is 35.2 Å². The molecule has 2 N–H and O–H groups in total. The van der Waals surface area contributed by atoms with E-state index >= 15 is 0 Å². The predicted octanol–water partition coefficient (Wildman–Crippen LogP) is 2.53. The highest BCUT2D eigenvalue weighted by molar-refractivity contribution is 5.95. The van der Waals surface area contributed by atoms with E-state index < -0.39 is 23.3 Å². The minimum Gasteiger partial charge on any atom is -0.356 e. The molecule has 11 heteroatoms. The van der Waals surface area contributed by atoms with Gasteiger partial charge < -0.3 is 15.5 Å². The maximum atomic E-state index is 13.4. The summed E-state index contributed by atoms with van der Waals surface area (Å²) in [4.78, 5) is 38.7. The summed E-state index contributed by atoms with van der Waals surface area (Å²) in [6.07, 6.45) is -1.22. The van der Waals surface area contributed by atoms with Crippen LogP contribution in [-0.2, 0) is 15.8 Å². The minimum absolute atomic E-state index is 0.0541. The molecule has 2 fully saturated rings. The van der Waals surface area contributed by atoms with Gasteiger partial charge in [-0.05, 0) is 37.8 Å². The summed E-state index contributed by atoms with van der Waals surface area (Å²) in [5.74, 6) is -0.916. The number of carbonyl (C=O) groups excluding carboxylic acids is 3. The number of rotatable bonds is 6. The van der Waals surface area contributed by atoms with Crippen LogP contribution in [0.2, 0.25) is 0 Å². The van der Waals surface area contributed by atoms with Crippen LogP contribution < -0.4 is 10.6 Å². The summed E-state index contributed by atoms with van der Waals surface area (Å²) in [6, 6.07) is 8.21. The van der Waals surface area contributed by atoms with E-state index in [4.69, 9.17) is 0 Å². The monoisotopic (exact) mass is 477 g/mol. The molecule has 0 saturated carbocycles. The molecule has 2 aliphatic heterocycles. The number of alkyl halides is 3. The molecular weight excluding hydrogens is 451 g/mol. The van der Waals surface area contributed by atoms with E-state index in [0.29, 0.717) is 44.6 Å². The van der Waals surface area contributed by atoms with Gasteiger partial charge in [-0.25, -0.2) is 4.68 Å². The second kappa shape index (κ2) is 9.47. The van der Waals surface area contributed by atoms with Crippen molar-refractivity contribution in [1.82, 2.24) is 25.3 Å². The smallest absolute Gasteiger partial charge is 0.356 e. The predicted molar refractivity (Wildman–Crippen MR) is 116 cm³/mol. The molecule has 2 aromatic rings. The summed E-state index contributed by atoms with van der Waals surface area (Å²) < 4.78 is 41.3. The van der Waals surface area contributed by atoms with Crippen molar-refractivity contribution in [3.8, 4) is 5.69 Å². The Bertz CT molecular complexity index is 1060. The molecular formula is C23H26F3N5O3. The van der Waals surface area contributed by atoms with Gasteiger partial charge in [0.15, 0.2) is 5.69 Å². The van der Waals surface area contributed by atoms with Gasteiger partial charge in [0.05, 0.1) is 16.7 Å². The first-order chi connectivity index (χ1) is 16.2. The molecule has 2 saturated heterocycles. The number of aromatic nitrogens is 2. The van der Waals surface area contributed by atoms with Crippen LogP contribution in [0, 0.1) is 5.41 Å². The molecule has 34 heavy (non-hydrogen) atoms. The van der Waals surface area contributed by atoms with Gasteiger partial charge in [0, 0.05) is 38.8 Å². The Hall–Kier alpha value is -3.37. The topological polar surface area (TPSA) is 96.3 Å². The van der Waals surface area contributed by atoms with Crippen molar-refractivity contribution in [3.63, 3.8) is 0 Å². The maximum Gasteiger partial charge on any atom is 0.435 e. The first kappa shape index (κ1) is 23.8. The average molecular weight is 477 g/mol. The molecule has 4 rings (SSSR count). The summed E-state index contributed by atoms with van der Waals surface area (Å²) in [5, 5.41) is 8.89. The summed E-state index contributed by atoms with van der Waals surface area (Å²) >= 11 is 0.